The number of rotatable bonds is 4. The maximum Gasteiger partial charge on any atom is 0.175 e. The molecule has 0 aliphatic carbocycles. The third-order valence-electron chi connectivity index (χ3n) is 4.25. The van der Waals surface area contributed by atoms with Gasteiger partial charge in [0.25, 0.3) is 0 Å². The summed E-state index contributed by atoms with van der Waals surface area (Å²) in [5, 5.41) is 12.4. The minimum Gasteiger partial charge on any atom is -0.332 e. The zero-order valence-electron chi connectivity index (χ0n) is 15.3. The highest BCUT2D eigenvalue weighted by molar-refractivity contribution is 7.80. The van der Waals surface area contributed by atoms with Crippen LogP contribution < -0.4 is 10.6 Å². The largest absolute Gasteiger partial charge is 0.332 e. The number of hydrogen-bond acceptors (Lipinski definition) is 2. The van der Waals surface area contributed by atoms with Crippen molar-refractivity contribution in [2.24, 2.45) is 0 Å². The minimum absolute atomic E-state index is 0.467. The Kier molecular flexibility index (Phi) is 6.05. The van der Waals surface area contributed by atoms with Crippen LogP contribution >= 0.6 is 35.4 Å². The monoisotopic (exact) mass is 418 g/mol. The van der Waals surface area contributed by atoms with Crippen molar-refractivity contribution in [1.29, 1.82) is 0 Å². The molecule has 0 aliphatic rings. The second kappa shape index (κ2) is 8.30. The highest BCUT2D eigenvalue weighted by Gasteiger charge is 2.13. The van der Waals surface area contributed by atoms with Crippen LogP contribution in [0.5, 0.6) is 0 Å². The topological polar surface area (TPSA) is 41.9 Å². The highest BCUT2D eigenvalue weighted by atomic mass is 35.5. The molecule has 0 amide bonds. The molecule has 0 aliphatic heterocycles. The van der Waals surface area contributed by atoms with Gasteiger partial charge in [0, 0.05) is 5.69 Å². The Labute approximate surface area is 174 Å². The van der Waals surface area contributed by atoms with Gasteiger partial charge in [0.2, 0.25) is 0 Å². The molecule has 2 N–H and O–H groups in total. The molecule has 0 fully saturated rings. The van der Waals surface area contributed by atoms with Gasteiger partial charge in [-0.25, -0.2) is 0 Å². The van der Waals surface area contributed by atoms with E-state index in [0.29, 0.717) is 21.7 Å². The number of aromatic nitrogens is 2. The first-order chi connectivity index (χ1) is 12.8. The Morgan fingerprint density at radius 1 is 1.00 bits per heavy atom. The molecular weight excluding hydrogens is 399 g/mol. The summed E-state index contributed by atoms with van der Waals surface area (Å²) in [5.41, 5.74) is 6.02. The van der Waals surface area contributed by atoms with Gasteiger partial charge in [0.15, 0.2) is 5.11 Å². The smallest absolute Gasteiger partial charge is 0.175 e. The van der Waals surface area contributed by atoms with Crippen molar-refractivity contribution >= 4 is 51.9 Å². The number of anilines is 2. The van der Waals surface area contributed by atoms with Crippen molar-refractivity contribution in [1.82, 2.24) is 9.78 Å². The van der Waals surface area contributed by atoms with Crippen LogP contribution in [0.4, 0.5) is 11.4 Å². The summed E-state index contributed by atoms with van der Waals surface area (Å²) in [7, 11) is 0. The summed E-state index contributed by atoms with van der Waals surface area (Å²) in [4.78, 5) is 0. The fourth-order valence-electron chi connectivity index (χ4n) is 2.75. The van der Waals surface area contributed by atoms with E-state index < -0.39 is 0 Å². The highest BCUT2D eigenvalue weighted by Crippen LogP contribution is 2.26. The standard InChI is InChI=1S/C20H20Cl2N4S/c1-12-4-6-15(7-5-12)11-26-14(3)19(13(2)25-26)24-20(27)23-16-8-9-17(21)18(22)10-16/h4-10H,11H2,1-3H3,(H2,23,24,27). The Morgan fingerprint density at radius 2 is 1.70 bits per heavy atom. The molecule has 1 heterocycles. The molecule has 3 aromatic rings. The van der Waals surface area contributed by atoms with Gasteiger partial charge in [-0.05, 0) is 56.8 Å². The first-order valence-electron chi connectivity index (χ1n) is 8.46. The lowest BCUT2D eigenvalue weighted by Crippen LogP contribution is -2.20. The second-order valence-corrected chi connectivity index (χ2v) is 7.62. The third-order valence-corrected chi connectivity index (χ3v) is 5.19. The molecule has 7 heteroatoms. The van der Waals surface area contributed by atoms with E-state index in [1.807, 2.05) is 24.6 Å². The fraction of sp³-hybridized carbons (Fsp3) is 0.200. The summed E-state index contributed by atoms with van der Waals surface area (Å²) in [6.07, 6.45) is 0. The molecule has 0 saturated heterocycles. The molecule has 0 bridgehead atoms. The summed E-state index contributed by atoms with van der Waals surface area (Å²) < 4.78 is 1.98. The summed E-state index contributed by atoms with van der Waals surface area (Å²) in [5.74, 6) is 0. The van der Waals surface area contributed by atoms with Crippen molar-refractivity contribution in [2.45, 2.75) is 27.3 Å². The number of hydrogen-bond donors (Lipinski definition) is 2. The number of nitrogens with zero attached hydrogens (tertiary/aromatic N) is 2. The third kappa shape index (κ3) is 4.80. The van der Waals surface area contributed by atoms with Crippen LogP contribution in [-0.2, 0) is 6.54 Å². The van der Waals surface area contributed by atoms with E-state index in [4.69, 9.17) is 35.4 Å². The molecule has 3 rings (SSSR count). The fourth-order valence-corrected chi connectivity index (χ4v) is 3.27. The zero-order chi connectivity index (χ0) is 19.6. The Morgan fingerprint density at radius 3 is 2.37 bits per heavy atom. The summed E-state index contributed by atoms with van der Waals surface area (Å²) in [6.45, 7) is 6.78. The van der Waals surface area contributed by atoms with Gasteiger partial charge in [-0.1, -0.05) is 53.0 Å². The Hall–Kier alpha value is -2.08. The molecule has 0 unspecified atom stereocenters. The molecule has 0 spiro atoms. The van der Waals surface area contributed by atoms with Gasteiger partial charge >= 0.3 is 0 Å². The number of aryl methyl sites for hydroxylation is 2. The lowest BCUT2D eigenvalue weighted by molar-refractivity contribution is 0.659. The van der Waals surface area contributed by atoms with E-state index in [-0.39, 0.29) is 0 Å². The van der Waals surface area contributed by atoms with E-state index in [0.717, 1.165) is 22.8 Å². The first-order valence-corrected chi connectivity index (χ1v) is 9.62. The number of benzene rings is 2. The van der Waals surface area contributed by atoms with Gasteiger partial charge in [0.05, 0.1) is 33.7 Å². The first kappa shape index (κ1) is 19.7. The van der Waals surface area contributed by atoms with Crippen molar-refractivity contribution in [3.05, 3.63) is 75.0 Å². The van der Waals surface area contributed by atoms with Crippen molar-refractivity contribution in [2.75, 3.05) is 10.6 Å². The lowest BCUT2D eigenvalue weighted by atomic mass is 10.1. The molecule has 0 radical (unpaired) electrons. The molecule has 2 aromatic carbocycles. The maximum atomic E-state index is 6.05. The SMILES string of the molecule is Cc1ccc(Cn2nc(C)c(NC(=S)Nc3ccc(Cl)c(Cl)c3)c2C)cc1. The van der Waals surface area contributed by atoms with Gasteiger partial charge in [0.1, 0.15) is 0 Å². The number of nitrogens with one attached hydrogen (secondary N) is 2. The number of halogens is 2. The average Bonchev–Trinajstić information content (AvgIpc) is 2.87. The van der Waals surface area contributed by atoms with Crippen LogP contribution in [-0.4, -0.2) is 14.9 Å². The Bertz CT molecular complexity index is 980. The van der Waals surface area contributed by atoms with Crippen LogP contribution in [0.1, 0.15) is 22.5 Å². The van der Waals surface area contributed by atoms with E-state index in [1.54, 1.807) is 12.1 Å². The van der Waals surface area contributed by atoms with Gasteiger partial charge in [-0.3, -0.25) is 4.68 Å². The van der Waals surface area contributed by atoms with Crippen LogP contribution in [0.2, 0.25) is 10.0 Å². The zero-order valence-corrected chi connectivity index (χ0v) is 17.6. The van der Waals surface area contributed by atoms with E-state index in [9.17, 15) is 0 Å². The van der Waals surface area contributed by atoms with E-state index >= 15 is 0 Å². The van der Waals surface area contributed by atoms with E-state index in [1.165, 1.54) is 11.1 Å². The van der Waals surface area contributed by atoms with Crippen LogP contribution in [0, 0.1) is 20.8 Å². The minimum atomic E-state index is 0.467. The Balaban J connectivity index is 1.72. The maximum absolute atomic E-state index is 6.05. The molecule has 27 heavy (non-hydrogen) atoms. The van der Waals surface area contributed by atoms with E-state index in [2.05, 4.69) is 46.9 Å². The van der Waals surface area contributed by atoms with Crippen molar-refractivity contribution < 1.29 is 0 Å². The summed E-state index contributed by atoms with van der Waals surface area (Å²) in [6, 6.07) is 13.7. The lowest BCUT2D eigenvalue weighted by Gasteiger charge is -2.12. The van der Waals surface area contributed by atoms with Gasteiger partial charge in [-0.15, -0.1) is 0 Å². The molecule has 0 atom stereocenters. The molecule has 0 saturated carbocycles. The average molecular weight is 419 g/mol. The molecule has 4 nitrogen and oxygen atoms in total. The van der Waals surface area contributed by atoms with Crippen LogP contribution in [0.15, 0.2) is 42.5 Å². The predicted octanol–water partition coefficient (Wildman–Crippen LogP) is 5.97. The van der Waals surface area contributed by atoms with Crippen molar-refractivity contribution in [3.8, 4) is 0 Å². The van der Waals surface area contributed by atoms with Crippen LogP contribution in [0.3, 0.4) is 0 Å². The normalized spacial score (nSPS) is 10.7. The van der Waals surface area contributed by atoms with Gasteiger partial charge in [-0.2, -0.15) is 5.10 Å². The molecular formula is C20H20Cl2N4S. The molecule has 1 aromatic heterocycles. The second-order valence-electron chi connectivity index (χ2n) is 6.40. The predicted molar refractivity (Wildman–Crippen MR) is 118 cm³/mol. The van der Waals surface area contributed by atoms with Crippen molar-refractivity contribution in [3.63, 3.8) is 0 Å². The number of thiocarbonyl (C=S) groups is 1. The molecule has 140 valence electrons. The quantitative estimate of drug-likeness (QED) is 0.511. The van der Waals surface area contributed by atoms with Gasteiger partial charge < -0.3 is 10.6 Å². The summed E-state index contributed by atoms with van der Waals surface area (Å²) >= 11 is 17.4. The van der Waals surface area contributed by atoms with Crippen LogP contribution in [0.25, 0.3) is 0 Å².